The van der Waals surface area contributed by atoms with Gasteiger partial charge in [0.2, 0.25) is 0 Å². The monoisotopic (exact) mass is 668 g/mol. The second kappa shape index (κ2) is 15.1. The molecule has 3 unspecified atom stereocenters. The average Bonchev–Trinajstić information content (AvgIpc) is 3.62. The van der Waals surface area contributed by atoms with Gasteiger partial charge in [0.1, 0.15) is 54.4 Å². The summed E-state index contributed by atoms with van der Waals surface area (Å²) in [5, 5.41) is 93.7. The number of amides is 1. The molecule has 0 spiro atoms. The number of ether oxygens (including phenoxy) is 4. The SMILES string of the molecule is CN[C@@H]1[C@@H](O)[C@@H](O[C@@H]2[C@@H](O)[C@H](O[C@H]3O[C@H](CNCC(O)CCN)[C@@H](O)[C@H](O)[C@H]3O)[C@@H](N)C[C@H]2NC(=O)C2(O)CC2N)OC[C@]1(C)O. The van der Waals surface area contributed by atoms with E-state index in [1.165, 1.54) is 14.0 Å². The van der Waals surface area contributed by atoms with Crippen LogP contribution in [0.5, 0.6) is 0 Å². The van der Waals surface area contributed by atoms with Crippen molar-refractivity contribution in [3.63, 3.8) is 0 Å². The second-order valence-electron chi connectivity index (χ2n) is 13.1. The Labute approximate surface area is 266 Å². The molecule has 17 atom stereocenters. The van der Waals surface area contributed by atoms with E-state index in [9.17, 15) is 45.6 Å². The van der Waals surface area contributed by atoms with Gasteiger partial charge in [-0.3, -0.25) is 4.79 Å². The molecule has 0 bridgehead atoms. The third kappa shape index (κ3) is 7.98. The van der Waals surface area contributed by atoms with Crippen molar-refractivity contribution in [1.29, 1.82) is 0 Å². The van der Waals surface area contributed by atoms with Crippen LogP contribution in [0.3, 0.4) is 0 Å². The number of hydrogen-bond acceptors (Lipinski definition) is 18. The molecule has 46 heavy (non-hydrogen) atoms. The number of hydrogen-bond donors (Lipinski definition) is 14. The lowest BCUT2D eigenvalue weighted by Crippen LogP contribution is -2.70. The number of nitrogens with one attached hydrogen (secondary N) is 3. The lowest BCUT2D eigenvalue weighted by molar-refractivity contribution is -0.331. The van der Waals surface area contributed by atoms with Crippen LogP contribution in [-0.2, 0) is 23.7 Å². The zero-order valence-corrected chi connectivity index (χ0v) is 26.0. The van der Waals surface area contributed by atoms with Crippen LogP contribution in [-0.4, -0.2) is 183 Å². The smallest absolute Gasteiger partial charge is 0.253 e. The number of nitrogens with two attached hydrogens (primary N) is 3. The van der Waals surface area contributed by atoms with Gasteiger partial charge in [-0.05, 0) is 33.4 Å². The lowest BCUT2D eigenvalue weighted by Gasteiger charge is -2.49. The van der Waals surface area contributed by atoms with E-state index in [2.05, 4.69) is 16.0 Å². The van der Waals surface area contributed by atoms with Crippen molar-refractivity contribution < 1.29 is 64.6 Å². The number of likely N-dealkylation sites (N-methyl/N-ethyl adjacent to an activating group) is 1. The van der Waals surface area contributed by atoms with Crippen LogP contribution >= 0.6 is 0 Å². The van der Waals surface area contributed by atoms with Crippen molar-refractivity contribution in [3.05, 3.63) is 0 Å². The van der Waals surface area contributed by atoms with Crippen LogP contribution < -0.4 is 33.2 Å². The zero-order valence-electron chi connectivity index (χ0n) is 26.0. The van der Waals surface area contributed by atoms with Crippen molar-refractivity contribution in [2.24, 2.45) is 17.2 Å². The van der Waals surface area contributed by atoms with E-state index in [4.69, 9.17) is 36.1 Å². The lowest BCUT2D eigenvalue weighted by atomic mass is 9.83. The van der Waals surface area contributed by atoms with Crippen molar-refractivity contribution >= 4 is 5.91 Å². The number of carbonyl (C=O) groups is 1. The number of carbonyl (C=O) groups excluding carboxylic acids is 1. The Morgan fingerprint density at radius 2 is 1.65 bits per heavy atom. The first-order chi connectivity index (χ1) is 21.5. The first-order valence-corrected chi connectivity index (χ1v) is 15.6. The molecule has 0 aromatic carbocycles. The molecule has 19 nitrogen and oxygen atoms in total. The van der Waals surface area contributed by atoms with E-state index in [1.807, 2.05) is 0 Å². The molecule has 268 valence electrons. The molecule has 4 aliphatic rings. The highest BCUT2D eigenvalue weighted by Gasteiger charge is 2.59. The first-order valence-electron chi connectivity index (χ1n) is 15.6. The Hall–Kier alpha value is -1.21. The van der Waals surface area contributed by atoms with Crippen molar-refractivity contribution in [1.82, 2.24) is 16.0 Å². The summed E-state index contributed by atoms with van der Waals surface area (Å²) in [5.41, 5.74) is 14.3. The maximum absolute atomic E-state index is 12.9. The van der Waals surface area contributed by atoms with E-state index in [0.29, 0.717) is 6.42 Å². The van der Waals surface area contributed by atoms with Gasteiger partial charge < -0.3 is 93.0 Å². The van der Waals surface area contributed by atoms with E-state index in [-0.39, 0.29) is 39.1 Å². The second-order valence-corrected chi connectivity index (χ2v) is 13.1. The van der Waals surface area contributed by atoms with E-state index in [1.54, 1.807) is 0 Å². The predicted molar refractivity (Wildman–Crippen MR) is 156 cm³/mol. The average molecular weight is 669 g/mol. The van der Waals surface area contributed by atoms with E-state index < -0.39 is 109 Å². The number of aliphatic hydroxyl groups excluding tert-OH is 6. The van der Waals surface area contributed by atoms with Crippen molar-refractivity contribution in [2.75, 3.05) is 33.3 Å². The molecular formula is C27H52N6O13. The van der Waals surface area contributed by atoms with Crippen LogP contribution in [0.1, 0.15) is 26.2 Å². The third-order valence-corrected chi connectivity index (χ3v) is 9.33. The zero-order chi connectivity index (χ0) is 34.1. The van der Waals surface area contributed by atoms with E-state index in [0.717, 1.165) is 0 Å². The molecule has 0 radical (unpaired) electrons. The minimum absolute atomic E-state index is 0.0217. The largest absolute Gasteiger partial charge is 0.392 e. The topological polar surface area (TPSA) is 330 Å². The molecule has 4 rings (SSSR count). The summed E-state index contributed by atoms with van der Waals surface area (Å²) < 4.78 is 23.3. The molecule has 0 aromatic rings. The van der Waals surface area contributed by atoms with Gasteiger partial charge in [-0.25, -0.2) is 0 Å². The summed E-state index contributed by atoms with van der Waals surface area (Å²) in [4.78, 5) is 12.9. The summed E-state index contributed by atoms with van der Waals surface area (Å²) in [7, 11) is 1.53. The van der Waals surface area contributed by atoms with Crippen LogP contribution in [0.25, 0.3) is 0 Å². The van der Waals surface area contributed by atoms with Crippen LogP contribution in [0.4, 0.5) is 0 Å². The first kappa shape index (κ1) is 37.6. The van der Waals surface area contributed by atoms with Crippen LogP contribution in [0, 0.1) is 0 Å². The fourth-order valence-electron chi connectivity index (χ4n) is 6.33. The molecule has 17 N–H and O–H groups in total. The van der Waals surface area contributed by atoms with Gasteiger partial charge in [-0.1, -0.05) is 0 Å². The molecule has 1 amide bonds. The van der Waals surface area contributed by atoms with Gasteiger partial charge in [0.05, 0.1) is 24.8 Å². The molecule has 2 saturated heterocycles. The molecule has 2 aliphatic heterocycles. The summed E-state index contributed by atoms with van der Waals surface area (Å²) in [6, 6.07) is -3.78. The minimum atomic E-state index is -1.82. The standard InChI is InChI=1S/C27H52N6O13/c1-26(41)9-43-23(19(39)22(26)31-2)46-21-12(33-25(40)27(42)6-14(27)30)5-11(29)20(18(21)38)45-24-17(37)16(36)15(35)13(44-24)8-32-7-10(34)3-4-28/h10-24,31-32,34-39,41-42H,3-9,28-30H2,1-2H3,(H,33,40)/t10?,11-,12+,13+,14?,15+,16-,17+,18-,19+,20+,21-,22+,23+,24+,26-,27?/m0/s1. The third-order valence-electron chi connectivity index (χ3n) is 9.33. The molecule has 4 fully saturated rings. The number of aliphatic hydroxyl groups is 8. The molecule has 2 saturated carbocycles. The molecule has 0 aromatic heterocycles. The van der Waals surface area contributed by atoms with Gasteiger partial charge in [-0.15, -0.1) is 0 Å². The Balaban J connectivity index is 1.50. The Morgan fingerprint density at radius 1 is 1.00 bits per heavy atom. The summed E-state index contributed by atoms with van der Waals surface area (Å²) in [6.07, 6.45) is -15.5. The van der Waals surface area contributed by atoms with Gasteiger partial charge in [0.15, 0.2) is 18.2 Å². The molecule has 2 heterocycles. The molecule has 19 heteroatoms. The van der Waals surface area contributed by atoms with E-state index >= 15 is 0 Å². The highest BCUT2D eigenvalue weighted by Crippen LogP contribution is 2.36. The predicted octanol–water partition coefficient (Wildman–Crippen LogP) is -8.04. The highest BCUT2D eigenvalue weighted by molar-refractivity contribution is 5.89. The minimum Gasteiger partial charge on any atom is -0.392 e. The maximum atomic E-state index is 12.9. The van der Waals surface area contributed by atoms with Crippen LogP contribution in [0.15, 0.2) is 0 Å². The van der Waals surface area contributed by atoms with Gasteiger partial charge in [0.25, 0.3) is 5.91 Å². The molecule has 2 aliphatic carbocycles. The van der Waals surface area contributed by atoms with Gasteiger partial charge >= 0.3 is 0 Å². The Morgan fingerprint density at radius 3 is 2.26 bits per heavy atom. The van der Waals surface area contributed by atoms with Gasteiger partial charge in [-0.2, -0.15) is 0 Å². The summed E-state index contributed by atoms with van der Waals surface area (Å²) in [6.45, 7) is 1.54. The van der Waals surface area contributed by atoms with Gasteiger partial charge in [0, 0.05) is 31.6 Å². The summed E-state index contributed by atoms with van der Waals surface area (Å²) in [5.74, 6) is -0.811. The molecular weight excluding hydrogens is 616 g/mol. The fraction of sp³-hybridized carbons (Fsp3) is 0.963. The normalized spacial score (nSPS) is 48.5. The Kier molecular flexibility index (Phi) is 12.4. The van der Waals surface area contributed by atoms with Crippen LogP contribution in [0.2, 0.25) is 0 Å². The number of rotatable bonds is 13. The van der Waals surface area contributed by atoms with Crippen molar-refractivity contribution in [2.45, 2.75) is 129 Å². The van der Waals surface area contributed by atoms with Crippen molar-refractivity contribution in [3.8, 4) is 0 Å². The maximum Gasteiger partial charge on any atom is 0.253 e. The quantitative estimate of drug-likeness (QED) is 0.0866. The highest BCUT2D eigenvalue weighted by atomic mass is 16.7. The fourth-order valence-corrected chi connectivity index (χ4v) is 6.33. The Bertz CT molecular complexity index is 1020. The summed E-state index contributed by atoms with van der Waals surface area (Å²) >= 11 is 0.